The Morgan fingerprint density at radius 2 is 1.94 bits per heavy atom. The van der Waals surface area contributed by atoms with Crippen LogP contribution in [0.25, 0.3) is 0 Å². The number of aliphatic hydroxyl groups is 1. The number of hydrogen-bond donors (Lipinski definition) is 1. The van der Waals surface area contributed by atoms with Gasteiger partial charge < -0.3 is 14.6 Å². The maximum atomic E-state index is 8.97. The molecule has 3 nitrogen and oxygen atoms in total. The van der Waals surface area contributed by atoms with Crippen molar-refractivity contribution < 1.29 is 14.6 Å². The first kappa shape index (κ1) is 13.5. The molecule has 100 valence electrons. The van der Waals surface area contributed by atoms with E-state index < -0.39 is 0 Å². The quantitative estimate of drug-likeness (QED) is 0.756. The van der Waals surface area contributed by atoms with Gasteiger partial charge >= 0.3 is 0 Å². The SMILES string of the molecule is OC[C@@H]1CC[C@@H](CCCOCc2ccccc2)O1. The highest BCUT2D eigenvalue weighted by Crippen LogP contribution is 2.22. The number of benzene rings is 1. The fourth-order valence-corrected chi connectivity index (χ4v) is 2.30. The van der Waals surface area contributed by atoms with Gasteiger partial charge in [0.1, 0.15) is 0 Å². The lowest BCUT2D eigenvalue weighted by molar-refractivity contribution is 0.00356. The van der Waals surface area contributed by atoms with Crippen LogP contribution >= 0.6 is 0 Å². The molecule has 1 heterocycles. The van der Waals surface area contributed by atoms with E-state index in [-0.39, 0.29) is 12.7 Å². The van der Waals surface area contributed by atoms with E-state index >= 15 is 0 Å². The predicted molar refractivity (Wildman–Crippen MR) is 70.3 cm³/mol. The van der Waals surface area contributed by atoms with Crippen LogP contribution in [-0.2, 0) is 16.1 Å². The molecular formula is C15H22O3. The van der Waals surface area contributed by atoms with E-state index in [1.807, 2.05) is 18.2 Å². The lowest BCUT2D eigenvalue weighted by Gasteiger charge is -2.11. The van der Waals surface area contributed by atoms with Gasteiger partial charge in [0.25, 0.3) is 0 Å². The van der Waals surface area contributed by atoms with Crippen molar-refractivity contribution in [2.75, 3.05) is 13.2 Å². The molecule has 3 heteroatoms. The fraction of sp³-hybridized carbons (Fsp3) is 0.600. The monoisotopic (exact) mass is 250 g/mol. The Bertz CT molecular complexity index is 326. The summed E-state index contributed by atoms with van der Waals surface area (Å²) in [5.74, 6) is 0. The van der Waals surface area contributed by atoms with E-state index in [2.05, 4.69) is 12.1 Å². The summed E-state index contributed by atoms with van der Waals surface area (Å²) in [4.78, 5) is 0. The molecule has 1 aromatic carbocycles. The second-order valence-electron chi connectivity index (χ2n) is 4.82. The molecule has 1 aliphatic rings. The minimum absolute atomic E-state index is 0.0697. The molecule has 2 atom stereocenters. The van der Waals surface area contributed by atoms with Crippen molar-refractivity contribution in [3.05, 3.63) is 35.9 Å². The van der Waals surface area contributed by atoms with Crippen LogP contribution in [-0.4, -0.2) is 30.5 Å². The van der Waals surface area contributed by atoms with Gasteiger partial charge in [-0.3, -0.25) is 0 Å². The number of hydrogen-bond acceptors (Lipinski definition) is 3. The Balaban J connectivity index is 1.52. The normalized spacial score (nSPS) is 23.4. The molecule has 2 rings (SSSR count). The third-order valence-corrected chi connectivity index (χ3v) is 3.33. The van der Waals surface area contributed by atoms with Gasteiger partial charge in [-0.15, -0.1) is 0 Å². The molecule has 18 heavy (non-hydrogen) atoms. The molecule has 0 amide bonds. The Labute approximate surface area is 109 Å². The molecule has 0 saturated carbocycles. The summed E-state index contributed by atoms with van der Waals surface area (Å²) in [5, 5.41) is 8.97. The molecule has 1 saturated heterocycles. The third-order valence-electron chi connectivity index (χ3n) is 3.33. The van der Waals surface area contributed by atoms with E-state index in [4.69, 9.17) is 14.6 Å². The van der Waals surface area contributed by atoms with Crippen LogP contribution in [0.4, 0.5) is 0 Å². The highest BCUT2D eigenvalue weighted by atomic mass is 16.5. The molecule has 0 unspecified atom stereocenters. The fourth-order valence-electron chi connectivity index (χ4n) is 2.30. The van der Waals surface area contributed by atoms with Crippen molar-refractivity contribution in [1.82, 2.24) is 0 Å². The van der Waals surface area contributed by atoms with Gasteiger partial charge in [0.15, 0.2) is 0 Å². The van der Waals surface area contributed by atoms with E-state index in [1.165, 1.54) is 5.56 Å². The van der Waals surface area contributed by atoms with Gasteiger partial charge in [0.05, 0.1) is 25.4 Å². The zero-order chi connectivity index (χ0) is 12.6. The summed E-state index contributed by atoms with van der Waals surface area (Å²) < 4.78 is 11.3. The van der Waals surface area contributed by atoms with E-state index in [0.717, 1.165) is 32.3 Å². The van der Waals surface area contributed by atoms with Crippen LogP contribution in [0.1, 0.15) is 31.2 Å². The second-order valence-corrected chi connectivity index (χ2v) is 4.82. The van der Waals surface area contributed by atoms with E-state index in [0.29, 0.717) is 12.7 Å². The molecule has 0 aromatic heterocycles. The predicted octanol–water partition coefficient (Wildman–Crippen LogP) is 2.52. The van der Waals surface area contributed by atoms with Crippen LogP contribution in [0.3, 0.4) is 0 Å². The first-order chi connectivity index (χ1) is 8.88. The average Bonchev–Trinajstić information content (AvgIpc) is 2.87. The summed E-state index contributed by atoms with van der Waals surface area (Å²) in [6, 6.07) is 10.2. The van der Waals surface area contributed by atoms with Gasteiger partial charge in [-0.1, -0.05) is 30.3 Å². The van der Waals surface area contributed by atoms with Crippen molar-refractivity contribution in [2.45, 2.75) is 44.5 Å². The topological polar surface area (TPSA) is 38.7 Å². The Hall–Kier alpha value is -0.900. The van der Waals surface area contributed by atoms with Crippen molar-refractivity contribution in [3.63, 3.8) is 0 Å². The van der Waals surface area contributed by atoms with Crippen molar-refractivity contribution in [2.24, 2.45) is 0 Å². The highest BCUT2D eigenvalue weighted by molar-refractivity contribution is 5.13. The van der Waals surface area contributed by atoms with Gasteiger partial charge in [0, 0.05) is 6.61 Å². The van der Waals surface area contributed by atoms with E-state index in [9.17, 15) is 0 Å². The number of rotatable bonds is 7. The maximum Gasteiger partial charge on any atom is 0.0810 e. The number of ether oxygens (including phenoxy) is 2. The van der Waals surface area contributed by atoms with Crippen molar-refractivity contribution in [3.8, 4) is 0 Å². The largest absolute Gasteiger partial charge is 0.394 e. The molecular weight excluding hydrogens is 228 g/mol. The minimum Gasteiger partial charge on any atom is -0.394 e. The zero-order valence-corrected chi connectivity index (χ0v) is 10.8. The van der Waals surface area contributed by atoms with Crippen LogP contribution in [0.15, 0.2) is 30.3 Å². The highest BCUT2D eigenvalue weighted by Gasteiger charge is 2.23. The summed E-state index contributed by atoms with van der Waals surface area (Å²) >= 11 is 0. The van der Waals surface area contributed by atoms with Gasteiger partial charge in [0.2, 0.25) is 0 Å². The van der Waals surface area contributed by atoms with Crippen LogP contribution in [0, 0.1) is 0 Å². The van der Waals surface area contributed by atoms with Crippen LogP contribution < -0.4 is 0 Å². The molecule has 0 bridgehead atoms. The second kappa shape index (κ2) is 7.52. The van der Waals surface area contributed by atoms with Crippen LogP contribution in [0.5, 0.6) is 0 Å². The molecule has 1 aromatic rings. The molecule has 1 fully saturated rings. The van der Waals surface area contributed by atoms with Crippen molar-refractivity contribution >= 4 is 0 Å². The molecule has 0 radical (unpaired) electrons. The van der Waals surface area contributed by atoms with Gasteiger partial charge in [-0.2, -0.15) is 0 Å². The van der Waals surface area contributed by atoms with Crippen LogP contribution in [0.2, 0.25) is 0 Å². The third kappa shape index (κ3) is 4.41. The summed E-state index contributed by atoms with van der Waals surface area (Å²) in [6.07, 6.45) is 4.51. The number of aliphatic hydroxyl groups excluding tert-OH is 1. The zero-order valence-electron chi connectivity index (χ0n) is 10.8. The average molecular weight is 250 g/mol. The standard InChI is InChI=1S/C15H22O3/c16-11-15-9-8-14(18-15)7-4-10-17-12-13-5-2-1-3-6-13/h1-3,5-6,14-16H,4,7-12H2/t14-,15+/m1/s1. The summed E-state index contributed by atoms with van der Waals surface area (Å²) in [5.41, 5.74) is 1.22. The summed E-state index contributed by atoms with van der Waals surface area (Å²) in [7, 11) is 0. The lowest BCUT2D eigenvalue weighted by atomic mass is 10.1. The van der Waals surface area contributed by atoms with Gasteiger partial charge in [-0.05, 0) is 31.2 Å². The first-order valence-corrected chi connectivity index (χ1v) is 6.76. The van der Waals surface area contributed by atoms with Gasteiger partial charge in [-0.25, -0.2) is 0 Å². The Kier molecular flexibility index (Phi) is 5.65. The lowest BCUT2D eigenvalue weighted by Crippen LogP contribution is -2.14. The Morgan fingerprint density at radius 1 is 1.17 bits per heavy atom. The molecule has 0 aliphatic carbocycles. The maximum absolute atomic E-state index is 8.97. The molecule has 1 aliphatic heterocycles. The summed E-state index contributed by atoms with van der Waals surface area (Å²) in [6.45, 7) is 1.62. The molecule has 0 spiro atoms. The Morgan fingerprint density at radius 3 is 2.67 bits per heavy atom. The minimum atomic E-state index is 0.0697. The smallest absolute Gasteiger partial charge is 0.0810 e. The van der Waals surface area contributed by atoms with Crippen molar-refractivity contribution in [1.29, 1.82) is 0 Å². The van der Waals surface area contributed by atoms with E-state index in [1.54, 1.807) is 0 Å². The first-order valence-electron chi connectivity index (χ1n) is 6.76. The molecule has 1 N–H and O–H groups in total.